The van der Waals surface area contributed by atoms with Crippen molar-refractivity contribution in [1.82, 2.24) is 19.3 Å². The molecule has 4 rings (SSSR count). The van der Waals surface area contributed by atoms with Crippen LogP contribution < -0.4 is 5.32 Å². The lowest BCUT2D eigenvalue weighted by molar-refractivity contribution is -0.147. The number of carbonyl (C=O) groups is 1. The Morgan fingerprint density at radius 3 is 2.53 bits per heavy atom. The molecule has 0 aliphatic heterocycles. The zero-order valence-corrected chi connectivity index (χ0v) is 17.0. The van der Waals surface area contributed by atoms with Gasteiger partial charge in [-0.1, -0.05) is 30.0 Å². The van der Waals surface area contributed by atoms with E-state index in [9.17, 15) is 18.0 Å². The number of fused-ring (bicyclic) bond motifs is 3. The number of thioether (sulfide) groups is 1. The smallest absolute Gasteiger partial charge is 0.341 e. The lowest BCUT2D eigenvalue weighted by Crippen LogP contribution is -2.15. The van der Waals surface area contributed by atoms with E-state index < -0.39 is 12.0 Å². The quantitative estimate of drug-likeness (QED) is 0.464. The average Bonchev–Trinajstić information content (AvgIpc) is 3.23. The third kappa shape index (κ3) is 3.62. The average molecular weight is 433 g/mol. The van der Waals surface area contributed by atoms with E-state index in [4.69, 9.17) is 0 Å². The number of amides is 1. The highest BCUT2D eigenvalue weighted by Gasteiger charge is 2.37. The van der Waals surface area contributed by atoms with Crippen LogP contribution in [0.4, 0.5) is 18.9 Å². The van der Waals surface area contributed by atoms with Crippen molar-refractivity contribution in [2.75, 3.05) is 11.1 Å². The van der Waals surface area contributed by atoms with Crippen LogP contribution in [0.1, 0.15) is 12.7 Å². The molecule has 2 heterocycles. The lowest BCUT2D eigenvalue weighted by Gasteiger charge is -2.08. The highest BCUT2D eigenvalue weighted by atomic mass is 32.2. The summed E-state index contributed by atoms with van der Waals surface area (Å²) in [5.41, 5.74) is 2.82. The first kappa shape index (κ1) is 20.3. The maximum Gasteiger partial charge on any atom is 0.451 e. The first-order chi connectivity index (χ1) is 14.3. The highest BCUT2D eigenvalue weighted by molar-refractivity contribution is 7.99. The van der Waals surface area contributed by atoms with Gasteiger partial charge in [0.15, 0.2) is 5.16 Å². The van der Waals surface area contributed by atoms with Crippen LogP contribution >= 0.6 is 11.8 Å². The number of rotatable bonds is 5. The van der Waals surface area contributed by atoms with E-state index >= 15 is 0 Å². The Kier molecular flexibility index (Phi) is 5.19. The maximum absolute atomic E-state index is 12.8. The number of aromatic nitrogens is 4. The first-order valence-corrected chi connectivity index (χ1v) is 10.2. The molecule has 1 N–H and O–H groups in total. The second kappa shape index (κ2) is 7.67. The van der Waals surface area contributed by atoms with Crippen molar-refractivity contribution >= 4 is 45.2 Å². The Morgan fingerprint density at radius 1 is 1.10 bits per heavy atom. The Hall–Kier alpha value is -3.01. The van der Waals surface area contributed by atoms with Gasteiger partial charge in [-0.3, -0.25) is 4.79 Å². The van der Waals surface area contributed by atoms with Crippen LogP contribution in [0.25, 0.3) is 21.8 Å². The number of alkyl halides is 3. The first-order valence-electron chi connectivity index (χ1n) is 9.19. The molecular formula is C20H18F3N5OS. The second-order valence-electron chi connectivity index (χ2n) is 6.69. The number of hydrogen-bond acceptors (Lipinski definition) is 4. The number of carbonyl (C=O) groups excluding carboxylic acids is 1. The van der Waals surface area contributed by atoms with Crippen molar-refractivity contribution in [2.24, 2.45) is 7.05 Å². The molecule has 156 valence electrons. The van der Waals surface area contributed by atoms with Crippen LogP contribution in [-0.2, 0) is 24.6 Å². The van der Waals surface area contributed by atoms with E-state index in [0.717, 1.165) is 44.7 Å². The minimum Gasteiger partial charge on any atom is -0.341 e. The van der Waals surface area contributed by atoms with E-state index in [0.29, 0.717) is 5.69 Å². The maximum atomic E-state index is 12.8. The van der Waals surface area contributed by atoms with Crippen molar-refractivity contribution in [3.63, 3.8) is 0 Å². The Labute approximate surface area is 174 Å². The molecular weight excluding hydrogens is 415 g/mol. The van der Waals surface area contributed by atoms with Crippen LogP contribution in [0.5, 0.6) is 0 Å². The van der Waals surface area contributed by atoms with E-state index in [1.54, 1.807) is 0 Å². The molecule has 0 aliphatic rings. The SMILES string of the molecule is CCn1c2ccccc2c2cc(NC(=O)CSc3nnc(C(F)(F)F)n3C)ccc21. The molecule has 1 amide bonds. The topological polar surface area (TPSA) is 64.7 Å². The monoisotopic (exact) mass is 433 g/mol. The van der Waals surface area contributed by atoms with E-state index in [1.807, 2.05) is 36.4 Å². The van der Waals surface area contributed by atoms with Gasteiger partial charge in [-0.15, -0.1) is 10.2 Å². The molecule has 4 aromatic rings. The third-order valence-corrected chi connectivity index (χ3v) is 5.81. The molecule has 0 spiro atoms. The highest BCUT2D eigenvalue weighted by Crippen LogP contribution is 2.32. The molecule has 0 fully saturated rings. The van der Waals surface area contributed by atoms with Crippen molar-refractivity contribution in [1.29, 1.82) is 0 Å². The molecule has 2 aromatic carbocycles. The molecule has 0 saturated heterocycles. The fourth-order valence-electron chi connectivity index (χ4n) is 3.49. The third-order valence-electron chi connectivity index (χ3n) is 4.79. The molecule has 0 atom stereocenters. The normalized spacial score (nSPS) is 12.0. The van der Waals surface area contributed by atoms with Gasteiger partial charge in [0.1, 0.15) is 0 Å². The number of nitrogens with one attached hydrogen (secondary N) is 1. The van der Waals surface area contributed by atoms with E-state index in [-0.39, 0.29) is 16.8 Å². The minimum absolute atomic E-state index is 0.0268. The van der Waals surface area contributed by atoms with Crippen molar-refractivity contribution in [2.45, 2.75) is 24.8 Å². The van der Waals surface area contributed by atoms with Gasteiger partial charge in [-0.2, -0.15) is 13.2 Å². The van der Waals surface area contributed by atoms with Gasteiger partial charge in [-0.05, 0) is 31.2 Å². The summed E-state index contributed by atoms with van der Waals surface area (Å²) in [6.07, 6.45) is -4.59. The summed E-state index contributed by atoms with van der Waals surface area (Å²) in [6.45, 7) is 2.90. The number of anilines is 1. The van der Waals surface area contributed by atoms with Crippen LogP contribution in [0, 0.1) is 0 Å². The minimum atomic E-state index is -4.59. The fourth-order valence-corrected chi connectivity index (χ4v) is 4.20. The summed E-state index contributed by atoms with van der Waals surface area (Å²) in [7, 11) is 1.22. The molecule has 10 heteroatoms. The predicted molar refractivity (Wildman–Crippen MR) is 110 cm³/mol. The van der Waals surface area contributed by atoms with Crippen molar-refractivity contribution in [3.05, 3.63) is 48.3 Å². The number of hydrogen-bond donors (Lipinski definition) is 1. The largest absolute Gasteiger partial charge is 0.451 e. The summed E-state index contributed by atoms with van der Waals surface area (Å²) in [4.78, 5) is 12.3. The van der Waals surface area contributed by atoms with E-state index in [2.05, 4.69) is 33.1 Å². The summed E-state index contributed by atoms with van der Waals surface area (Å²) < 4.78 is 41.4. The molecule has 2 aromatic heterocycles. The molecule has 0 aliphatic carbocycles. The van der Waals surface area contributed by atoms with E-state index in [1.165, 1.54) is 7.05 Å². The Balaban J connectivity index is 1.51. The standard InChI is InChI=1S/C20H18F3N5OS/c1-3-28-15-7-5-4-6-13(15)14-10-12(8-9-16(14)28)24-17(29)11-30-19-26-25-18(27(19)2)20(21,22)23/h4-10H,3,11H2,1-2H3,(H,24,29). The van der Waals surface area contributed by atoms with Crippen LogP contribution in [0.15, 0.2) is 47.6 Å². The summed E-state index contributed by atoms with van der Waals surface area (Å²) in [6, 6.07) is 13.8. The number of benzene rings is 2. The number of para-hydroxylation sites is 1. The number of aryl methyl sites for hydroxylation is 1. The van der Waals surface area contributed by atoms with Gasteiger partial charge >= 0.3 is 6.18 Å². The van der Waals surface area contributed by atoms with Gasteiger partial charge in [0.05, 0.1) is 5.75 Å². The van der Waals surface area contributed by atoms with Crippen LogP contribution in [0.3, 0.4) is 0 Å². The molecule has 0 radical (unpaired) electrons. The molecule has 0 saturated carbocycles. The molecule has 30 heavy (non-hydrogen) atoms. The Bertz CT molecular complexity index is 1240. The Morgan fingerprint density at radius 2 is 1.83 bits per heavy atom. The van der Waals surface area contributed by atoms with Gasteiger partial charge < -0.3 is 14.5 Å². The summed E-state index contributed by atoms with van der Waals surface area (Å²) >= 11 is 0.898. The number of nitrogens with zero attached hydrogens (tertiary/aromatic N) is 4. The second-order valence-corrected chi connectivity index (χ2v) is 7.64. The zero-order valence-electron chi connectivity index (χ0n) is 16.2. The fraction of sp³-hybridized carbons (Fsp3) is 0.250. The number of halogens is 3. The summed E-state index contributed by atoms with van der Waals surface area (Å²) in [5, 5.41) is 11.6. The molecule has 0 bridgehead atoms. The molecule has 0 unspecified atom stereocenters. The summed E-state index contributed by atoms with van der Waals surface area (Å²) in [5.74, 6) is -1.52. The van der Waals surface area contributed by atoms with Gasteiger partial charge in [0.2, 0.25) is 11.7 Å². The van der Waals surface area contributed by atoms with Crippen LogP contribution in [0.2, 0.25) is 0 Å². The van der Waals surface area contributed by atoms with Crippen molar-refractivity contribution in [3.8, 4) is 0 Å². The van der Waals surface area contributed by atoms with Gasteiger partial charge in [0.25, 0.3) is 0 Å². The van der Waals surface area contributed by atoms with Crippen molar-refractivity contribution < 1.29 is 18.0 Å². The zero-order chi connectivity index (χ0) is 21.5. The predicted octanol–water partition coefficient (Wildman–Crippen LogP) is 4.69. The van der Waals surface area contributed by atoms with Gasteiger partial charge in [-0.25, -0.2) is 0 Å². The van der Waals surface area contributed by atoms with Gasteiger partial charge in [0, 0.05) is 41.1 Å². The lowest BCUT2D eigenvalue weighted by atomic mass is 10.1. The molecule has 6 nitrogen and oxygen atoms in total. The van der Waals surface area contributed by atoms with Crippen LogP contribution in [-0.4, -0.2) is 31.0 Å².